The average Bonchev–Trinajstić information content (AvgIpc) is 2.40. The maximum atomic E-state index is 12.4. The predicted molar refractivity (Wildman–Crippen MR) is 81.7 cm³/mol. The molecule has 4 nitrogen and oxygen atoms in total. The zero-order valence-corrected chi connectivity index (χ0v) is 12.5. The van der Waals surface area contributed by atoms with Gasteiger partial charge in [-0.25, -0.2) is 4.79 Å². The van der Waals surface area contributed by atoms with Gasteiger partial charge in [0.15, 0.2) is 0 Å². The first kappa shape index (κ1) is 14.9. The number of nitrogens with one attached hydrogen (secondary N) is 1. The number of hydrogen-bond acceptors (Lipinski definition) is 2. The van der Waals surface area contributed by atoms with E-state index in [1.807, 2.05) is 6.92 Å². The average molecular weight is 313 g/mol. The summed E-state index contributed by atoms with van der Waals surface area (Å²) in [7, 11) is 0. The van der Waals surface area contributed by atoms with E-state index < -0.39 is 5.69 Å². The number of benzene rings is 1. The van der Waals surface area contributed by atoms with E-state index in [9.17, 15) is 9.59 Å². The topological polar surface area (TPSA) is 54.9 Å². The third-order valence-electron chi connectivity index (χ3n) is 3.01. The van der Waals surface area contributed by atoms with E-state index in [1.54, 1.807) is 24.3 Å². The van der Waals surface area contributed by atoms with Gasteiger partial charge >= 0.3 is 5.69 Å². The highest BCUT2D eigenvalue weighted by atomic mass is 35.5. The van der Waals surface area contributed by atoms with Crippen LogP contribution in [0.15, 0.2) is 33.9 Å². The Morgan fingerprint density at radius 3 is 2.40 bits per heavy atom. The summed E-state index contributed by atoms with van der Waals surface area (Å²) in [4.78, 5) is 26.7. The van der Waals surface area contributed by atoms with Crippen molar-refractivity contribution >= 4 is 23.2 Å². The first-order chi connectivity index (χ1) is 9.54. The van der Waals surface area contributed by atoms with Crippen molar-refractivity contribution in [3.8, 4) is 11.1 Å². The van der Waals surface area contributed by atoms with E-state index in [4.69, 9.17) is 23.2 Å². The number of H-pyrrole nitrogens is 1. The van der Waals surface area contributed by atoms with Crippen molar-refractivity contribution < 1.29 is 0 Å². The number of aromatic nitrogens is 2. The molecule has 0 amide bonds. The largest absolute Gasteiger partial charge is 0.329 e. The Labute approximate surface area is 126 Å². The van der Waals surface area contributed by atoms with E-state index in [0.29, 0.717) is 22.7 Å². The standard InChI is InChI=1S/C14H14Cl2N2O2/c1-2-3-8-18-13(19)11(12(16)17-14(18)20)9-4-6-10(15)7-5-9/h4-7H,2-3,8H2,1H3,(H,17,20). The van der Waals surface area contributed by atoms with Crippen molar-refractivity contribution in [3.63, 3.8) is 0 Å². The van der Waals surface area contributed by atoms with Crippen molar-refractivity contribution in [2.24, 2.45) is 0 Å². The highest BCUT2D eigenvalue weighted by Crippen LogP contribution is 2.23. The van der Waals surface area contributed by atoms with Crippen LogP contribution in [0, 0.1) is 0 Å². The molecule has 1 heterocycles. The number of rotatable bonds is 4. The van der Waals surface area contributed by atoms with Crippen LogP contribution in [0.3, 0.4) is 0 Å². The summed E-state index contributed by atoms with van der Waals surface area (Å²) in [6.07, 6.45) is 1.65. The minimum absolute atomic E-state index is 0.0510. The van der Waals surface area contributed by atoms with E-state index in [2.05, 4.69) is 4.98 Å². The summed E-state index contributed by atoms with van der Waals surface area (Å²) in [6.45, 7) is 2.37. The highest BCUT2D eigenvalue weighted by molar-refractivity contribution is 6.32. The molecule has 0 atom stereocenters. The third-order valence-corrected chi connectivity index (χ3v) is 3.54. The molecule has 20 heavy (non-hydrogen) atoms. The Morgan fingerprint density at radius 1 is 1.15 bits per heavy atom. The van der Waals surface area contributed by atoms with Gasteiger partial charge in [-0.1, -0.05) is 48.7 Å². The van der Waals surface area contributed by atoms with Crippen LogP contribution in [0.2, 0.25) is 10.2 Å². The van der Waals surface area contributed by atoms with Gasteiger partial charge in [-0.05, 0) is 24.1 Å². The second-order valence-electron chi connectivity index (χ2n) is 4.44. The van der Waals surface area contributed by atoms with Crippen LogP contribution in [0.25, 0.3) is 11.1 Å². The molecule has 106 valence electrons. The van der Waals surface area contributed by atoms with E-state index >= 15 is 0 Å². The minimum Gasteiger partial charge on any atom is -0.297 e. The van der Waals surface area contributed by atoms with Crippen molar-refractivity contribution in [2.75, 3.05) is 0 Å². The first-order valence-corrected chi connectivity index (χ1v) is 7.08. The van der Waals surface area contributed by atoms with Gasteiger partial charge in [0.1, 0.15) is 5.15 Å². The Hall–Kier alpha value is -1.52. The van der Waals surface area contributed by atoms with Gasteiger partial charge in [-0.3, -0.25) is 14.3 Å². The van der Waals surface area contributed by atoms with Gasteiger partial charge in [0.2, 0.25) is 0 Å². The van der Waals surface area contributed by atoms with Crippen LogP contribution in [0.5, 0.6) is 0 Å². The number of aromatic amines is 1. The van der Waals surface area contributed by atoms with Crippen LogP contribution in [-0.2, 0) is 6.54 Å². The molecular formula is C14H14Cl2N2O2. The van der Waals surface area contributed by atoms with Crippen LogP contribution in [0.4, 0.5) is 0 Å². The van der Waals surface area contributed by atoms with E-state index in [-0.39, 0.29) is 10.7 Å². The molecular weight excluding hydrogens is 299 g/mol. The van der Waals surface area contributed by atoms with Gasteiger partial charge in [0.25, 0.3) is 5.56 Å². The molecule has 2 aromatic rings. The van der Waals surface area contributed by atoms with Gasteiger partial charge in [-0.2, -0.15) is 0 Å². The minimum atomic E-state index is -0.480. The summed E-state index contributed by atoms with van der Waals surface area (Å²) in [6, 6.07) is 6.75. The van der Waals surface area contributed by atoms with Gasteiger partial charge < -0.3 is 0 Å². The molecule has 0 fully saturated rings. The van der Waals surface area contributed by atoms with Crippen LogP contribution in [-0.4, -0.2) is 9.55 Å². The van der Waals surface area contributed by atoms with Crippen molar-refractivity contribution in [1.82, 2.24) is 9.55 Å². The Kier molecular flexibility index (Phi) is 4.68. The fraction of sp³-hybridized carbons (Fsp3) is 0.286. The lowest BCUT2D eigenvalue weighted by molar-refractivity contribution is 0.584. The molecule has 1 aromatic heterocycles. The molecule has 0 bridgehead atoms. The monoisotopic (exact) mass is 312 g/mol. The molecule has 0 aliphatic rings. The number of halogens is 2. The van der Waals surface area contributed by atoms with Gasteiger partial charge in [0.05, 0.1) is 5.56 Å². The van der Waals surface area contributed by atoms with Gasteiger partial charge in [0, 0.05) is 11.6 Å². The molecule has 0 unspecified atom stereocenters. The maximum absolute atomic E-state index is 12.4. The third kappa shape index (κ3) is 2.97. The molecule has 0 saturated carbocycles. The lowest BCUT2D eigenvalue weighted by atomic mass is 10.1. The smallest absolute Gasteiger partial charge is 0.297 e. The maximum Gasteiger partial charge on any atom is 0.329 e. The predicted octanol–water partition coefficient (Wildman–Crippen LogP) is 3.31. The van der Waals surface area contributed by atoms with E-state index in [0.717, 1.165) is 12.8 Å². The number of nitrogens with zero attached hydrogens (tertiary/aromatic N) is 1. The first-order valence-electron chi connectivity index (χ1n) is 6.33. The summed E-state index contributed by atoms with van der Waals surface area (Å²) in [5, 5.41) is 0.621. The fourth-order valence-corrected chi connectivity index (χ4v) is 2.33. The van der Waals surface area contributed by atoms with Gasteiger partial charge in [-0.15, -0.1) is 0 Å². The van der Waals surface area contributed by atoms with Crippen LogP contribution >= 0.6 is 23.2 Å². The summed E-state index contributed by atoms with van der Waals surface area (Å²) < 4.78 is 1.18. The molecule has 0 radical (unpaired) electrons. The fourth-order valence-electron chi connectivity index (χ4n) is 1.93. The molecule has 0 saturated heterocycles. The van der Waals surface area contributed by atoms with Crippen LogP contribution in [0.1, 0.15) is 19.8 Å². The quantitative estimate of drug-likeness (QED) is 0.881. The molecule has 1 aromatic carbocycles. The molecule has 0 spiro atoms. The Bertz CT molecular complexity index is 717. The van der Waals surface area contributed by atoms with Crippen molar-refractivity contribution in [1.29, 1.82) is 0 Å². The Balaban J connectivity index is 2.61. The summed E-state index contributed by atoms with van der Waals surface area (Å²) in [5.41, 5.74) is 0.0608. The molecule has 0 aliphatic heterocycles. The second kappa shape index (κ2) is 6.29. The van der Waals surface area contributed by atoms with E-state index in [1.165, 1.54) is 4.57 Å². The normalized spacial score (nSPS) is 10.8. The summed E-state index contributed by atoms with van der Waals surface area (Å²) in [5.74, 6) is 0. The molecule has 0 aliphatic carbocycles. The number of unbranched alkanes of at least 4 members (excludes halogenated alkanes) is 1. The molecule has 6 heteroatoms. The summed E-state index contributed by atoms with van der Waals surface area (Å²) >= 11 is 11.8. The van der Waals surface area contributed by atoms with Crippen LogP contribution < -0.4 is 11.2 Å². The zero-order chi connectivity index (χ0) is 14.7. The second-order valence-corrected chi connectivity index (χ2v) is 5.25. The highest BCUT2D eigenvalue weighted by Gasteiger charge is 2.14. The Morgan fingerprint density at radius 2 is 1.80 bits per heavy atom. The molecule has 1 N–H and O–H groups in total. The molecule has 2 rings (SSSR count). The lowest BCUT2D eigenvalue weighted by Crippen LogP contribution is -2.36. The number of hydrogen-bond donors (Lipinski definition) is 1. The lowest BCUT2D eigenvalue weighted by Gasteiger charge is -2.09. The zero-order valence-electron chi connectivity index (χ0n) is 11.0. The van der Waals surface area contributed by atoms with Crippen molar-refractivity contribution in [2.45, 2.75) is 26.3 Å². The SMILES string of the molecule is CCCCn1c(=O)[nH]c(Cl)c(-c2ccc(Cl)cc2)c1=O. The van der Waals surface area contributed by atoms with Crippen molar-refractivity contribution in [3.05, 3.63) is 55.3 Å².